The number of hydrogen-bond acceptors (Lipinski definition) is 7. The van der Waals surface area contributed by atoms with E-state index in [1.165, 1.54) is 19.5 Å². The number of nitrogens with zero attached hydrogens (tertiary/aromatic N) is 3. The molecule has 0 saturated heterocycles. The predicted octanol–water partition coefficient (Wildman–Crippen LogP) is 4.94. The highest BCUT2D eigenvalue weighted by atomic mass is 35.5. The summed E-state index contributed by atoms with van der Waals surface area (Å²) in [5, 5.41) is 15.9. The van der Waals surface area contributed by atoms with Crippen LogP contribution in [0.15, 0.2) is 42.7 Å². The first-order chi connectivity index (χ1) is 14.3. The number of ether oxygens (including phenoxy) is 2. The highest BCUT2D eigenvalue weighted by Crippen LogP contribution is 2.39. The Hall–Kier alpha value is -3.39. The van der Waals surface area contributed by atoms with Crippen molar-refractivity contribution in [1.29, 1.82) is 0 Å². The number of nitrogens with one attached hydrogen (secondary N) is 1. The molecular weight excluding hydrogens is 408 g/mol. The third-order valence-electron chi connectivity index (χ3n) is 4.51. The van der Waals surface area contributed by atoms with E-state index < -0.39 is 4.92 Å². The zero-order chi connectivity index (χ0) is 21.8. The van der Waals surface area contributed by atoms with Crippen molar-refractivity contribution in [3.63, 3.8) is 0 Å². The van der Waals surface area contributed by atoms with Gasteiger partial charge in [-0.25, -0.2) is 9.97 Å². The number of anilines is 1. The van der Waals surface area contributed by atoms with Crippen LogP contribution in [0.25, 0.3) is 10.9 Å². The van der Waals surface area contributed by atoms with Gasteiger partial charge in [0.15, 0.2) is 0 Å². The monoisotopic (exact) mass is 428 g/mol. The van der Waals surface area contributed by atoms with E-state index >= 15 is 0 Å². The Kier molecular flexibility index (Phi) is 6.37. The summed E-state index contributed by atoms with van der Waals surface area (Å²) in [5.74, 6) is 1.24. The first-order valence-corrected chi connectivity index (χ1v) is 9.43. The van der Waals surface area contributed by atoms with Gasteiger partial charge in [-0.1, -0.05) is 29.8 Å². The van der Waals surface area contributed by atoms with E-state index in [4.69, 9.17) is 21.1 Å². The largest absolute Gasteiger partial charge is 0.495 e. The number of methoxy groups -OCH3 is 2. The number of fused-ring (bicyclic) bond motifs is 1. The second kappa shape index (κ2) is 8.96. The van der Waals surface area contributed by atoms with Crippen LogP contribution in [-0.4, -0.2) is 29.1 Å². The summed E-state index contributed by atoms with van der Waals surface area (Å²) in [4.78, 5) is 19.8. The van der Waals surface area contributed by atoms with Crippen LogP contribution < -0.4 is 14.8 Å². The minimum atomic E-state index is -0.472. The normalized spacial score (nSPS) is 10.7. The molecule has 0 fully saturated rings. The third-order valence-corrected chi connectivity index (χ3v) is 4.81. The van der Waals surface area contributed by atoms with Gasteiger partial charge in [-0.05, 0) is 31.0 Å². The van der Waals surface area contributed by atoms with Crippen molar-refractivity contribution in [2.24, 2.45) is 0 Å². The lowest BCUT2D eigenvalue weighted by Crippen LogP contribution is -2.06. The number of allylic oxidation sites excluding steroid dienone is 1. The summed E-state index contributed by atoms with van der Waals surface area (Å²) in [6, 6.07) is 6.87. The van der Waals surface area contributed by atoms with Crippen molar-refractivity contribution in [3.8, 4) is 11.5 Å². The Labute approximate surface area is 178 Å². The average Bonchev–Trinajstić information content (AvgIpc) is 2.71. The van der Waals surface area contributed by atoms with E-state index in [9.17, 15) is 10.1 Å². The molecule has 0 saturated carbocycles. The fourth-order valence-electron chi connectivity index (χ4n) is 3.21. The van der Waals surface area contributed by atoms with Crippen molar-refractivity contribution in [3.05, 3.63) is 69.0 Å². The van der Waals surface area contributed by atoms with Crippen LogP contribution >= 0.6 is 11.6 Å². The molecule has 0 aliphatic heterocycles. The fraction of sp³-hybridized carbons (Fsp3) is 0.238. The highest BCUT2D eigenvalue weighted by Gasteiger charge is 2.24. The first-order valence-electron chi connectivity index (χ1n) is 9.05. The standard InChI is InChI=1S/C21H21ClN4O4/c1-12(2)7-14-19-15(9-17(26(27)28)20(14)30-4)21(25-11-24-19)23-10-13-5-6-18(29-3)16(22)8-13/h5-6,8-9,11H,1,7,10H2,2-4H3,(H,23,24,25). The Morgan fingerprint density at radius 3 is 2.63 bits per heavy atom. The van der Waals surface area contributed by atoms with Gasteiger partial charge in [0.05, 0.1) is 35.1 Å². The number of rotatable bonds is 8. The lowest BCUT2D eigenvalue weighted by Gasteiger charge is -2.14. The van der Waals surface area contributed by atoms with E-state index in [0.29, 0.717) is 46.0 Å². The number of aromatic nitrogens is 2. The second-order valence-electron chi connectivity index (χ2n) is 6.74. The molecule has 0 unspecified atom stereocenters. The summed E-state index contributed by atoms with van der Waals surface area (Å²) in [6.45, 7) is 6.17. The van der Waals surface area contributed by atoms with Crippen LogP contribution in [-0.2, 0) is 13.0 Å². The SMILES string of the molecule is C=C(C)Cc1c(OC)c([N+](=O)[O-])cc2c(NCc3ccc(OC)c(Cl)c3)ncnc12. The van der Waals surface area contributed by atoms with Crippen LogP contribution in [0.2, 0.25) is 5.02 Å². The van der Waals surface area contributed by atoms with Gasteiger partial charge in [-0.3, -0.25) is 10.1 Å². The molecule has 3 aromatic rings. The molecule has 0 bridgehead atoms. The van der Waals surface area contributed by atoms with Crippen LogP contribution in [0.4, 0.5) is 11.5 Å². The quantitative estimate of drug-likeness (QED) is 0.308. The summed E-state index contributed by atoms with van der Waals surface area (Å²) in [7, 11) is 2.96. The molecule has 3 rings (SSSR count). The molecule has 30 heavy (non-hydrogen) atoms. The smallest absolute Gasteiger partial charge is 0.312 e. The molecule has 0 spiro atoms. The number of halogens is 1. The Bertz CT molecular complexity index is 1130. The maximum absolute atomic E-state index is 11.7. The molecule has 0 aliphatic carbocycles. The number of hydrogen-bond donors (Lipinski definition) is 1. The highest BCUT2D eigenvalue weighted by molar-refractivity contribution is 6.32. The predicted molar refractivity (Wildman–Crippen MR) is 117 cm³/mol. The van der Waals surface area contributed by atoms with Crippen LogP contribution in [0, 0.1) is 10.1 Å². The van der Waals surface area contributed by atoms with Crippen LogP contribution in [0.1, 0.15) is 18.1 Å². The van der Waals surface area contributed by atoms with Gasteiger partial charge in [-0.2, -0.15) is 0 Å². The molecule has 0 amide bonds. The fourth-order valence-corrected chi connectivity index (χ4v) is 3.49. The Balaban J connectivity index is 2.07. The average molecular weight is 429 g/mol. The van der Waals surface area contributed by atoms with Gasteiger partial charge in [-0.15, -0.1) is 0 Å². The lowest BCUT2D eigenvalue weighted by molar-refractivity contribution is -0.385. The molecule has 0 aliphatic rings. The maximum atomic E-state index is 11.7. The molecule has 2 aromatic carbocycles. The summed E-state index contributed by atoms with van der Waals surface area (Å²) in [6.07, 6.45) is 1.81. The van der Waals surface area contributed by atoms with Gasteiger partial charge in [0, 0.05) is 18.2 Å². The van der Waals surface area contributed by atoms with E-state index in [1.54, 1.807) is 19.2 Å². The van der Waals surface area contributed by atoms with Crippen molar-refractivity contribution in [2.75, 3.05) is 19.5 Å². The number of nitro groups is 1. The molecule has 0 atom stereocenters. The van der Waals surface area contributed by atoms with E-state index in [0.717, 1.165) is 11.1 Å². The molecule has 156 valence electrons. The van der Waals surface area contributed by atoms with Gasteiger partial charge in [0.1, 0.15) is 17.9 Å². The van der Waals surface area contributed by atoms with E-state index in [1.807, 2.05) is 13.0 Å². The molecule has 1 N–H and O–H groups in total. The van der Waals surface area contributed by atoms with Crippen LogP contribution in [0.5, 0.6) is 11.5 Å². The third kappa shape index (κ3) is 4.28. The van der Waals surface area contributed by atoms with Crippen molar-refractivity contribution in [1.82, 2.24) is 9.97 Å². The summed E-state index contributed by atoms with van der Waals surface area (Å²) in [5.41, 5.74) is 2.76. The second-order valence-corrected chi connectivity index (χ2v) is 7.15. The first kappa shape index (κ1) is 21.3. The van der Waals surface area contributed by atoms with E-state index in [2.05, 4.69) is 21.9 Å². The minimum absolute atomic E-state index is 0.147. The molecule has 1 aromatic heterocycles. The maximum Gasteiger partial charge on any atom is 0.312 e. The van der Waals surface area contributed by atoms with Gasteiger partial charge < -0.3 is 14.8 Å². The number of benzene rings is 2. The zero-order valence-corrected chi connectivity index (χ0v) is 17.6. The van der Waals surface area contributed by atoms with Crippen molar-refractivity contribution < 1.29 is 14.4 Å². The van der Waals surface area contributed by atoms with Crippen LogP contribution in [0.3, 0.4) is 0 Å². The molecule has 8 nitrogen and oxygen atoms in total. The van der Waals surface area contributed by atoms with Crippen molar-refractivity contribution >= 4 is 34.0 Å². The van der Waals surface area contributed by atoms with Gasteiger partial charge >= 0.3 is 5.69 Å². The minimum Gasteiger partial charge on any atom is -0.495 e. The Morgan fingerprint density at radius 2 is 2.03 bits per heavy atom. The zero-order valence-electron chi connectivity index (χ0n) is 16.9. The summed E-state index contributed by atoms with van der Waals surface area (Å²) < 4.78 is 10.5. The topological polar surface area (TPSA) is 99.4 Å². The van der Waals surface area contributed by atoms with E-state index in [-0.39, 0.29) is 11.4 Å². The van der Waals surface area contributed by atoms with Gasteiger partial charge in [0.25, 0.3) is 0 Å². The van der Waals surface area contributed by atoms with Crippen molar-refractivity contribution in [2.45, 2.75) is 19.9 Å². The molecular formula is C21H21ClN4O4. The number of nitro benzene ring substituents is 1. The molecule has 9 heteroatoms. The summed E-state index contributed by atoms with van der Waals surface area (Å²) >= 11 is 6.19. The Morgan fingerprint density at radius 1 is 1.27 bits per heavy atom. The lowest BCUT2D eigenvalue weighted by atomic mass is 10.0. The molecule has 1 heterocycles. The molecule has 0 radical (unpaired) electrons. The van der Waals surface area contributed by atoms with Gasteiger partial charge in [0.2, 0.25) is 5.75 Å².